The maximum atomic E-state index is 12.7. The van der Waals surface area contributed by atoms with Gasteiger partial charge in [-0.2, -0.15) is 0 Å². The highest BCUT2D eigenvalue weighted by molar-refractivity contribution is 5.93. The van der Waals surface area contributed by atoms with Gasteiger partial charge in [0.05, 0.1) is 23.1 Å². The van der Waals surface area contributed by atoms with Crippen LogP contribution in [-0.2, 0) is 13.1 Å². The van der Waals surface area contributed by atoms with Crippen LogP contribution in [0.3, 0.4) is 0 Å². The maximum Gasteiger partial charge on any atom is 0.255 e. The molecule has 28 heavy (non-hydrogen) atoms. The first-order valence-electron chi connectivity index (χ1n) is 9.27. The summed E-state index contributed by atoms with van der Waals surface area (Å²) in [4.78, 5) is 23.3. The third-order valence-corrected chi connectivity index (χ3v) is 4.79. The van der Waals surface area contributed by atoms with Gasteiger partial charge in [0.1, 0.15) is 5.82 Å². The van der Waals surface area contributed by atoms with Crippen LogP contribution in [0.1, 0.15) is 27.3 Å². The number of hydrogen-bond acceptors (Lipinski definition) is 3. The molecule has 0 saturated heterocycles. The Morgan fingerprint density at radius 3 is 2.71 bits per heavy atom. The molecule has 0 unspecified atom stereocenters. The lowest BCUT2D eigenvalue weighted by molar-refractivity contribution is 0.0780. The normalized spacial score (nSPS) is 10.9. The van der Waals surface area contributed by atoms with Crippen LogP contribution in [0.25, 0.3) is 11.0 Å². The van der Waals surface area contributed by atoms with Crippen LogP contribution in [0, 0.1) is 6.92 Å². The van der Waals surface area contributed by atoms with Crippen molar-refractivity contribution in [3.05, 3.63) is 95.6 Å². The molecule has 0 N–H and O–H groups in total. The van der Waals surface area contributed by atoms with Crippen LogP contribution in [0.5, 0.6) is 0 Å². The van der Waals surface area contributed by atoms with Crippen molar-refractivity contribution < 1.29 is 4.79 Å². The van der Waals surface area contributed by atoms with E-state index in [4.69, 9.17) is 4.98 Å². The summed E-state index contributed by atoms with van der Waals surface area (Å²) >= 11 is 0. The van der Waals surface area contributed by atoms with Gasteiger partial charge in [0, 0.05) is 26.0 Å². The second-order valence-electron chi connectivity index (χ2n) is 6.99. The van der Waals surface area contributed by atoms with Crippen molar-refractivity contribution in [2.45, 2.75) is 20.0 Å². The van der Waals surface area contributed by atoms with E-state index in [0.717, 1.165) is 16.9 Å². The molecule has 0 fully saturated rings. The van der Waals surface area contributed by atoms with Crippen molar-refractivity contribution in [1.82, 2.24) is 19.4 Å². The second-order valence-corrected chi connectivity index (χ2v) is 6.99. The van der Waals surface area contributed by atoms with Gasteiger partial charge in [-0.15, -0.1) is 0 Å². The predicted octanol–water partition coefficient (Wildman–Crippen LogP) is 4.06. The van der Waals surface area contributed by atoms with Crippen molar-refractivity contribution in [3.8, 4) is 0 Å². The number of rotatable bonds is 5. The lowest BCUT2D eigenvalue weighted by Crippen LogP contribution is -2.28. The quantitative estimate of drug-likeness (QED) is 0.532. The zero-order valence-electron chi connectivity index (χ0n) is 16.0. The van der Waals surface area contributed by atoms with E-state index < -0.39 is 0 Å². The first kappa shape index (κ1) is 17.9. The van der Waals surface area contributed by atoms with E-state index in [2.05, 4.69) is 46.8 Å². The van der Waals surface area contributed by atoms with Gasteiger partial charge < -0.3 is 9.47 Å². The Bertz CT molecular complexity index is 1120. The van der Waals surface area contributed by atoms with Gasteiger partial charge in [-0.3, -0.25) is 9.78 Å². The highest BCUT2D eigenvalue weighted by Crippen LogP contribution is 2.20. The molecule has 0 radical (unpaired) electrons. The smallest absolute Gasteiger partial charge is 0.255 e. The van der Waals surface area contributed by atoms with Crippen molar-refractivity contribution in [1.29, 1.82) is 0 Å². The maximum absolute atomic E-state index is 12.7. The van der Waals surface area contributed by atoms with Gasteiger partial charge in [-0.1, -0.05) is 42.0 Å². The Morgan fingerprint density at radius 2 is 1.93 bits per heavy atom. The van der Waals surface area contributed by atoms with E-state index in [1.54, 1.807) is 36.5 Å². The number of nitrogens with zero attached hydrogens (tertiary/aromatic N) is 4. The standard InChI is InChI=1S/C23H22N4O/c1-17-7-5-8-18(13-17)15-27-21-11-4-3-10-20(21)25-22(27)16-26(2)23(28)19-9-6-12-24-14-19/h3-14H,15-16H2,1-2H3. The third kappa shape index (κ3) is 3.64. The van der Waals surface area contributed by atoms with Crippen LogP contribution >= 0.6 is 0 Å². The van der Waals surface area contributed by atoms with Gasteiger partial charge in [-0.05, 0) is 36.8 Å². The van der Waals surface area contributed by atoms with Crippen molar-refractivity contribution >= 4 is 16.9 Å². The van der Waals surface area contributed by atoms with Gasteiger partial charge >= 0.3 is 0 Å². The summed E-state index contributed by atoms with van der Waals surface area (Å²) in [5.41, 5.74) is 5.03. The number of aromatic nitrogens is 3. The Morgan fingerprint density at radius 1 is 1.07 bits per heavy atom. The van der Waals surface area contributed by atoms with Crippen LogP contribution < -0.4 is 0 Å². The number of aryl methyl sites for hydroxylation is 1. The molecule has 2 aromatic heterocycles. The number of benzene rings is 2. The van der Waals surface area contributed by atoms with Crippen molar-refractivity contribution in [3.63, 3.8) is 0 Å². The van der Waals surface area contributed by atoms with Crippen molar-refractivity contribution in [2.75, 3.05) is 7.05 Å². The minimum Gasteiger partial charge on any atom is -0.334 e. The Kier molecular flexibility index (Phi) is 4.89. The fraction of sp³-hybridized carbons (Fsp3) is 0.174. The molecule has 0 saturated carbocycles. The molecule has 0 aliphatic carbocycles. The van der Waals surface area contributed by atoms with Crippen LogP contribution in [0.15, 0.2) is 73.1 Å². The van der Waals surface area contributed by atoms with Gasteiger partial charge in [0.2, 0.25) is 0 Å². The molecule has 0 aliphatic heterocycles. The highest BCUT2D eigenvalue weighted by atomic mass is 16.2. The Hall–Kier alpha value is -3.47. The number of hydrogen-bond donors (Lipinski definition) is 0. The van der Waals surface area contributed by atoms with Crippen molar-refractivity contribution in [2.24, 2.45) is 0 Å². The first-order valence-corrected chi connectivity index (χ1v) is 9.27. The van der Waals surface area contributed by atoms with Crippen LogP contribution in [-0.4, -0.2) is 32.4 Å². The average molecular weight is 370 g/mol. The molecule has 4 rings (SSSR count). The number of fused-ring (bicyclic) bond motifs is 1. The van der Waals surface area contributed by atoms with E-state index in [9.17, 15) is 4.79 Å². The fourth-order valence-electron chi connectivity index (χ4n) is 3.41. The predicted molar refractivity (Wildman–Crippen MR) is 110 cm³/mol. The highest BCUT2D eigenvalue weighted by Gasteiger charge is 2.17. The molecular formula is C23H22N4O. The summed E-state index contributed by atoms with van der Waals surface area (Å²) < 4.78 is 2.19. The lowest BCUT2D eigenvalue weighted by Gasteiger charge is -2.18. The van der Waals surface area contributed by atoms with Gasteiger partial charge in [0.25, 0.3) is 5.91 Å². The number of imidazole rings is 1. The summed E-state index contributed by atoms with van der Waals surface area (Å²) in [6.07, 6.45) is 3.26. The molecule has 5 heteroatoms. The van der Waals surface area contributed by atoms with E-state index in [0.29, 0.717) is 18.7 Å². The molecule has 4 aromatic rings. The van der Waals surface area contributed by atoms with Crippen LogP contribution in [0.4, 0.5) is 0 Å². The molecule has 2 heterocycles. The van der Waals surface area contributed by atoms with Gasteiger partial charge in [-0.25, -0.2) is 4.98 Å². The minimum atomic E-state index is -0.0674. The van der Waals surface area contributed by atoms with Crippen LogP contribution in [0.2, 0.25) is 0 Å². The van der Waals surface area contributed by atoms with Gasteiger partial charge in [0.15, 0.2) is 0 Å². The molecule has 0 spiro atoms. The monoisotopic (exact) mass is 370 g/mol. The number of amides is 1. The average Bonchev–Trinajstić information content (AvgIpc) is 3.05. The summed E-state index contributed by atoms with van der Waals surface area (Å²) in [5.74, 6) is 0.796. The zero-order valence-corrected chi connectivity index (χ0v) is 16.0. The van der Waals surface area contributed by atoms with E-state index >= 15 is 0 Å². The molecule has 140 valence electrons. The molecule has 0 atom stereocenters. The molecule has 0 bridgehead atoms. The SMILES string of the molecule is Cc1cccc(Cn2c(CN(C)C(=O)c3cccnc3)nc3ccccc32)c1. The second kappa shape index (κ2) is 7.64. The minimum absolute atomic E-state index is 0.0674. The van der Waals surface area contributed by atoms with E-state index in [-0.39, 0.29) is 5.91 Å². The molecule has 2 aromatic carbocycles. The first-order chi connectivity index (χ1) is 13.6. The topological polar surface area (TPSA) is 51.0 Å². The third-order valence-electron chi connectivity index (χ3n) is 4.79. The van der Waals surface area contributed by atoms with E-state index in [1.165, 1.54) is 11.1 Å². The Balaban J connectivity index is 1.67. The number of pyridine rings is 1. The molecule has 0 aliphatic rings. The lowest BCUT2D eigenvalue weighted by atomic mass is 10.1. The summed E-state index contributed by atoms with van der Waals surface area (Å²) in [5, 5.41) is 0. The Labute approximate surface area is 164 Å². The summed E-state index contributed by atoms with van der Waals surface area (Å²) in [6, 6.07) is 20.1. The number of para-hydroxylation sites is 2. The number of carbonyl (C=O) groups is 1. The molecule has 1 amide bonds. The zero-order chi connectivity index (χ0) is 19.5. The summed E-state index contributed by atoms with van der Waals surface area (Å²) in [7, 11) is 1.80. The number of carbonyl (C=O) groups excluding carboxylic acids is 1. The largest absolute Gasteiger partial charge is 0.334 e. The molecular weight excluding hydrogens is 348 g/mol. The van der Waals surface area contributed by atoms with E-state index in [1.807, 2.05) is 18.2 Å². The summed E-state index contributed by atoms with van der Waals surface area (Å²) in [6.45, 7) is 3.23. The fourth-order valence-corrected chi connectivity index (χ4v) is 3.41. The molecule has 5 nitrogen and oxygen atoms in total.